The monoisotopic (exact) mass is 303 g/mol. The van der Waals surface area contributed by atoms with Crippen molar-refractivity contribution >= 4 is 5.91 Å². The highest BCUT2D eigenvalue weighted by molar-refractivity contribution is 5.92. The van der Waals surface area contributed by atoms with E-state index in [1.165, 1.54) is 18.3 Å². The number of imidazole rings is 1. The molecule has 1 aliphatic rings. The van der Waals surface area contributed by atoms with Gasteiger partial charge >= 0.3 is 5.69 Å². The van der Waals surface area contributed by atoms with Gasteiger partial charge in [-0.05, 0) is 30.5 Å². The Kier molecular flexibility index (Phi) is 4.09. The summed E-state index contributed by atoms with van der Waals surface area (Å²) in [5.41, 5.74) is 0.946. The molecule has 1 fully saturated rings. The summed E-state index contributed by atoms with van der Waals surface area (Å²) < 4.78 is 13.1. The molecule has 1 amide bonds. The Bertz CT molecular complexity index is 705. The van der Waals surface area contributed by atoms with E-state index >= 15 is 0 Å². The molecule has 0 aliphatic carbocycles. The quantitative estimate of drug-likeness (QED) is 0.893. The highest BCUT2D eigenvalue weighted by Gasteiger charge is 2.24. The Hall–Kier alpha value is -2.37. The summed E-state index contributed by atoms with van der Waals surface area (Å²) in [4.78, 5) is 30.3. The number of aromatic amines is 2. The van der Waals surface area contributed by atoms with Gasteiger partial charge in [-0.3, -0.25) is 4.79 Å². The number of carbonyl (C=O) groups excluding carboxylic acids is 1. The van der Waals surface area contributed by atoms with Gasteiger partial charge in [0.2, 0.25) is 0 Å². The van der Waals surface area contributed by atoms with E-state index in [0.29, 0.717) is 13.1 Å². The fourth-order valence-corrected chi connectivity index (χ4v) is 2.95. The molecule has 0 bridgehead atoms. The van der Waals surface area contributed by atoms with Crippen LogP contribution in [0, 0.1) is 5.82 Å². The molecule has 0 saturated carbocycles. The Morgan fingerprint density at radius 1 is 1.23 bits per heavy atom. The summed E-state index contributed by atoms with van der Waals surface area (Å²) in [7, 11) is 0. The maximum Gasteiger partial charge on any atom is 0.323 e. The molecule has 2 heterocycles. The second kappa shape index (κ2) is 6.17. The molecular weight excluding hydrogens is 285 g/mol. The summed E-state index contributed by atoms with van der Waals surface area (Å²) in [6.07, 6.45) is 4.33. The van der Waals surface area contributed by atoms with Crippen molar-refractivity contribution in [2.75, 3.05) is 13.1 Å². The van der Waals surface area contributed by atoms with Crippen molar-refractivity contribution in [3.63, 3.8) is 0 Å². The number of H-pyrrole nitrogens is 2. The van der Waals surface area contributed by atoms with Crippen molar-refractivity contribution in [2.45, 2.75) is 25.2 Å². The van der Waals surface area contributed by atoms with Gasteiger partial charge in [-0.25, -0.2) is 9.18 Å². The smallest absolute Gasteiger partial charge is 0.323 e. The maximum atomic E-state index is 13.1. The van der Waals surface area contributed by atoms with Gasteiger partial charge in [-0.1, -0.05) is 18.6 Å². The van der Waals surface area contributed by atoms with Crippen LogP contribution in [-0.2, 0) is 0 Å². The molecule has 1 saturated heterocycles. The van der Waals surface area contributed by atoms with Crippen LogP contribution in [0.1, 0.15) is 41.2 Å². The number of hydrogen-bond donors (Lipinski definition) is 2. The van der Waals surface area contributed by atoms with Gasteiger partial charge in [0.05, 0.1) is 0 Å². The number of carbonyl (C=O) groups is 1. The van der Waals surface area contributed by atoms with E-state index in [4.69, 9.17) is 0 Å². The molecule has 116 valence electrons. The predicted molar refractivity (Wildman–Crippen MR) is 80.3 cm³/mol. The van der Waals surface area contributed by atoms with Gasteiger partial charge in [0, 0.05) is 25.2 Å². The van der Waals surface area contributed by atoms with Crippen LogP contribution in [0.5, 0.6) is 0 Å². The zero-order valence-corrected chi connectivity index (χ0v) is 12.1. The van der Waals surface area contributed by atoms with E-state index in [2.05, 4.69) is 9.97 Å². The lowest BCUT2D eigenvalue weighted by Crippen LogP contribution is -2.34. The molecule has 0 spiro atoms. The summed E-state index contributed by atoms with van der Waals surface area (Å²) in [5.74, 6) is -0.236. The van der Waals surface area contributed by atoms with Crippen LogP contribution < -0.4 is 5.69 Å². The highest BCUT2D eigenvalue weighted by atomic mass is 19.1. The topological polar surface area (TPSA) is 69.0 Å². The molecule has 0 radical (unpaired) electrons. The van der Waals surface area contributed by atoms with Gasteiger partial charge < -0.3 is 14.9 Å². The number of hydrogen-bond acceptors (Lipinski definition) is 2. The molecular formula is C16H18FN3O2. The number of likely N-dealkylation sites (tertiary alicyclic amines) is 1. The lowest BCUT2D eigenvalue weighted by molar-refractivity contribution is 0.0749. The summed E-state index contributed by atoms with van der Waals surface area (Å²) in [6, 6.07) is 6.48. The molecule has 6 heteroatoms. The van der Waals surface area contributed by atoms with Gasteiger partial charge in [0.15, 0.2) is 0 Å². The van der Waals surface area contributed by atoms with E-state index in [-0.39, 0.29) is 29.0 Å². The molecule has 1 unspecified atom stereocenters. The van der Waals surface area contributed by atoms with Crippen molar-refractivity contribution in [3.8, 4) is 0 Å². The first kappa shape index (κ1) is 14.6. The Morgan fingerprint density at radius 3 is 2.68 bits per heavy atom. The van der Waals surface area contributed by atoms with Crippen molar-refractivity contribution in [1.29, 1.82) is 0 Å². The van der Waals surface area contributed by atoms with Gasteiger partial charge in [0.1, 0.15) is 11.5 Å². The number of aromatic nitrogens is 2. The molecule has 1 aliphatic heterocycles. The predicted octanol–water partition coefficient (Wildman–Crippen LogP) is 2.25. The molecule has 22 heavy (non-hydrogen) atoms. The second-order valence-corrected chi connectivity index (χ2v) is 5.65. The van der Waals surface area contributed by atoms with Crippen LogP contribution in [-0.4, -0.2) is 33.9 Å². The standard InChI is InChI=1S/C16H18FN3O2/c17-13-6-4-11(5-7-13)12-3-1-2-8-20(10-12)15(21)14-9-18-16(22)19-14/h4-7,9,12H,1-3,8,10H2,(H2,18,19,22). The number of rotatable bonds is 2. The molecule has 1 aromatic carbocycles. The summed E-state index contributed by atoms with van der Waals surface area (Å²) in [5, 5.41) is 0. The number of nitrogens with zero attached hydrogens (tertiary/aromatic N) is 1. The number of benzene rings is 1. The third-order valence-corrected chi connectivity index (χ3v) is 4.13. The average Bonchev–Trinajstić information content (AvgIpc) is 2.81. The first-order valence-corrected chi connectivity index (χ1v) is 7.46. The zero-order chi connectivity index (χ0) is 15.5. The van der Waals surface area contributed by atoms with Gasteiger partial charge in [-0.15, -0.1) is 0 Å². The van der Waals surface area contributed by atoms with E-state index in [1.54, 1.807) is 17.0 Å². The first-order valence-electron chi connectivity index (χ1n) is 7.46. The van der Waals surface area contributed by atoms with Crippen molar-refractivity contribution in [1.82, 2.24) is 14.9 Å². The van der Waals surface area contributed by atoms with E-state index < -0.39 is 0 Å². The Morgan fingerprint density at radius 2 is 2.00 bits per heavy atom. The SMILES string of the molecule is O=C(c1c[nH]c(=O)[nH]1)N1CCCCC(c2ccc(F)cc2)C1. The van der Waals surface area contributed by atoms with Crippen LogP contribution in [0.2, 0.25) is 0 Å². The second-order valence-electron chi connectivity index (χ2n) is 5.65. The number of nitrogens with one attached hydrogen (secondary N) is 2. The summed E-state index contributed by atoms with van der Waals surface area (Å²) >= 11 is 0. The Balaban J connectivity index is 1.79. The lowest BCUT2D eigenvalue weighted by atomic mass is 9.94. The van der Waals surface area contributed by atoms with Gasteiger partial charge in [-0.2, -0.15) is 0 Å². The maximum absolute atomic E-state index is 13.1. The van der Waals surface area contributed by atoms with E-state index in [1.807, 2.05) is 0 Å². The van der Waals surface area contributed by atoms with Crippen molar-refractivity contribution in [3.05, 3.63) is 58.0 Å². The highest BCUT2D eigenvalue weighted by Crippen LogP contribution is 2.27. The lowest BCUT2D eigenvalue weighted by Gasteiger charge is -2.24. The van der Waals surface area contributed by atoms with Crippen molar-refractivity contribution < 1.29 is 9.18 Å². The minimum absolute atomic E-state index is 0.174. The minimum atomic E-state index is -0.381. The number of halogens is 1. The molecule has 3 rings (SSSR count). The largest absolute Gasteiger partial charge is 0.337 e. The van der Waals surface area contributed by atoms with Crippen LogP contribution >= 0.6 is 0 Å². The zero-order valence-electron chi connectivity index (χ0n) is 12.1. The van der Waals surface area contributed by atoms with Crippen LogP contribution in [0.4, 0.5) is 4.39 Å². The molecule has 5 nitrogen and oxygen atoms in total. The third-order valence-electron chi connectivity index (χ3n) is 4.13. The third kappa shape index (κ3) is 3.10. The average molecular weight is 303 g/mol. The van der Waals surface area contributed by atoms with Crippen LogP contribution in [0.25, 0.3) is 0 Å². The minimum Gasteiger partial charge on any atom is -0.337 e. The summed E-state index contributed by atoms with van der Waals surface area (Å²) in [6.45, 7) is 1.25. The molecule has 1 atom stereocenters. The normalized spacial score (nSPS) is 19.0. The number of amides is 1. The Labute approximate surface area is 127 Å². The first-order chi connectivity index (χ1) is 10.6. The fraction of sp³-hybridized carbons (Fsp3) is 0.375. The van der Waals surface area contributed by atoms with E-state index in [9.17, 15) is 14.0 Å². The van der Waals surface area contributed by atoms with Gasteiger partial charge in [0.25, 0.3) is 5.91 Å². The molecule has 2 N–H and O–H groups in total. The van der Waals surface area contributed by atoms with Crippen molar-refractivity contribution in [2.24, 2.45) is 0 Å². The van der Waals surface area contributed by atoms with E-state index in [0.717, 1.165) is 24.8 Å². The fourth-order valence-electron chi connectivity index (χ4n) is 2.95. The van der Waals surface area contributed by atoms with Crippen LogP contribution in [0.3, 0.4) is 0 Å². The molecule has 2 aromatic rings. The van der Waals surface area contributed by atoms with Crippen LogP contribution in [0.15, 0.2) is 35.3 Å². The molecule has 1 aromatic heterocycles.